The third-order valence-electron chi connectivity index (χ3n) is 3.85. The van der Waals surface area contributed by atoms with E-state index in [2.05, 4.69) is 31.1 Å². The number of hydrogen-bond acceptors (Lipinski definition) is 5. The molecule has 0 spiro atoms. The highest BCUT2D eigenvalue weighted by molar-refractivity contribution is 7.92. The molecule has 0 amide bonds. The molecule has 1 aliphatic rings. The Morgan fingerprint density at radius 1 is 1.40 bits per heavy atom. The summed E-state index contributed by atoms with van der Waals surface area (Å²) in [6.45, 7) is 8.96. The second-order valence-corrected chi connectivity index (χ2v) is 9.38. The smallest absolute Gasteiger partial charge is 0.154 e. The maximum Gasteiger partial charge on any atom is 0.154 e. The number of aromatic nitrogens is 1. The van der Waals surface area contributed by atoms with Crippen LogP contribution in [-0.4, -0.2) is 30.9 Å². The molecule has 1 aromatic rings. The quantitative estimate of drug-likeness (QED) is 0.907. The topological polar surface area (TPSA) is 59.1 Å². The van der Waals surface area contributed by atoms with E-state index in [0.717, 1.165) is 23.5 Å². The summed E-state index contributed by atoms with van der Waals surface area (Å²) in [7, 11) is -2.86. The molecule has 6 heteroatoms. The molecule has 4 nitrogen and oxygen atoms in total. The van der Waals surface area contributed by atoms with Crippen LogP contribution in [0.4, 0.5) is 0 Å². The lowest BCUT2D eigenvalue weighted by atomic mass is 10.2. The molecule has 2 heterocycles. The van der Waals surface area contributed by atoms with Gasteiger partial charge < -0.3 is 5.32 Å². The lowest BCUT2D eigenvalue weighted by Crippen LogP contribution is -2.32. The predicted octanol–water partition coefficient (Wildman–Crippen LogP) is 2.80. The SMILES string of the molecule is Cc1nc(C(C)C)sc1[C@@H](C)NC[C@@H]1CCCS1(=O)=O. The standard InChI is InChI=1S/C14H24N2O2S2/c1-9(2)14-16-11(4)13(19-14)10(3)15-8-12-6-5-7-20(12,17)18/h9-10,12,15H,5-8H2,1-4H3/t10-,12+/m1/s1. The van der Waals surface area contributed by atoms with E-state index >= 15 is 0 Å². The maximum absolute atomic E-state index is 11.8. The molecule has 2 rings (SSSR count). The molecule has 1 aliphatic heterocycles. The number of thiazole rings is 1. The molecule has 0 aromatic carbocycles. The van der Waals surface area contributed by atoms with Gasteiger partial charge in [-0.15, -0.1) is 11.3 Å². The minimum Gasteiger partial charge on any atom is -0.308 e. The van der Waals surface area contributed by atoms with Gasteiger partial charge in [-0.2, -0.15) is 0 Å². The van der Waals surface area contributed by atoms with Crippen molar-refractivity contribution in [1.29, 1.82) is 0 Å². The van der Waals surface area contributed by atoms with Gasteiger partial charge in [-0.3, -0.25) is 0 Å². The summed E-state index contributed by atoms with van der Waals surface area (Å²) in [5, 5.41) is 4.33. The van der Waals surface area contributed by atoms with E-state index in [9.17, 15) is 8.42 Å². The summed E-state index contributed by atoms with van der Waals surface area (Å²) in [6, 6.07) is 0.163. The van der Waals surface area contributed by atoms with Crippen molar-refractivity contribution < 1.29 is 8.42 Å². The molecule has 1 saturated heterocycles. The van der Waals surface area contributed by atoms with E-state index in [1.165, 1.54) is 4.88 Å². The van der Waals surface area contributed by atoms with E-state index in [1.54, 1.807) is 11.3 Å². The first-order valence-electron chi connectivity index (χ1n) is 7.23. The first-order valence-corrected chi connectivity index (χ1v) is 9.76. The molecule has 1 N–H and O–H groups in total. The zero-order valence-corrected chi connectivity index (χ0v) is 14.3. The predicted molar refractivity (Wildman–Crippen MR) is 84.2 cm³/mol. The first kappa shape index (κ1) is 15.9. The minimum absolute atomic E-state index is 0.163. The van der Waals surface area contributed by atoms with Crippen molar-refractivity contribution in [3.05, 3.63) is 15.6 Å². The van der Waals surface area contributed by atoms with Crippen LogP contribution in [0.15, 0.2) is 0 Å². The zero-order chi connectivity index (χ0) is 14.9. The largest absolute Gasteiger partial charge is 0.308 e. The average molecular weight is 316 g/mol. The molecule has 1 aromatic heterocycles. The lowest BCUT2D eigenvalue weighted by Gasteiger charge is -2.16. The fraction of sp³-hybridized carbons (Fsp3) is 0.786. The van der Waals surface area contributed by atoms with Crippen LogP contribution < -0.4 is 5.32 Å². The van der Waals surface area contributed by atoms with Gasteiger partial charge in [-0.25, -0.2) is 13.4 Å². The van der Waals surface area contributed by atoms with Crippen LogP contribution in [0, 0.1) is 6.92 Å². The van der Waals surface area contributed by atoms with Crippen LogP contribution in [0.1, 0.15) is 61.2 Å². The van der Waals surface area contributed by atoms with Crippen molar-refractivity contribution in [3.8, 4) is 0 Å². The van der Waals surface area contributed by atoms with Crippen molar-refractivity contribution in [1.82, 2.24) is 10.3 Å². The summed E-state index contributed by atoms with van der Waals surface area (Å²) in [4.78, 5) is 5.83. The van der Waals surface area contributed by atoms with E-state index in [0.29, 0.717) is 18.2 Å². The Morgan fingerprint density at radius 2 is 2.10 bits per heavy atom. The third-order valence-corrected chi connectivity index (χ3v) is 7.77. The van der Waals surface area contributed by atoms with Crippen molar-refractivity contribution in [2.45, 2.75) is 57.7 Å². The zero-order valence-electron chi connectivity index (χ0n) is 12.6. The Balaban J connectivity index is 2.00. The molecular formula is C14H24N2O2S2. The number of hydrogen-bond donors (Lipinski definition) is 1. The molecule has 0 unspecified atom stereocenters. The minimum atomic E-state index is -2.86. The molecular weight excluding hydrogens is 292 g/mol. The van der Waals surface area contributed by atoms with Crippen LogP contribution in [0.2, 0.25) is 0 Å². The highest BCUT2D eigenvalue weighted by atomic mass is 32.2. The Labute approximate surface area is 125 Å². The van der Waals surface area contributed by atoms with E-state index in [1.807, 2.05) is 6.92 Å². The Kier molecular flexibility index (Phi) is 4.87. The van der Waals surface area contributed by atoms with E-state index in [-0.39, 0.29) is 11.3 Å². The van der Waals surface area contributed by atoms with Crippen LogP contribution in [-0.2, 0) is 9.84 Å². The van der Waals surface area contributed by atoms with Crippen LogP contribution >= 0.6 is 11.3 Å². The molecule has 114 valence electrons. The van der Waals surface area contributed by atoms with E-state index in [4.69, 9.17) is 0 Å². The molecule has 1 fully saturated rings. The van der Waals surface area contributed by atoms with Crippen molar-refractivity contribution in [2.75, 3.05) is 12.3 Å². The highest BCUT2D eigenvalue weighted by Crippen LogP contribution is 2.29. The van der Waals surface area contributed by atoms with Gasteiger partial charge in [0.25, 0.3) is 0 Å². The summed E-state index contributed by atoms with van der Waals surface area (Å²) in [5.41, 5.74) is 1.06. The third kappa shape index (κ3) is 3.40. The van der Waals surface area contributed by atoms with Gasteiger partial charge in [0.05, 0.1) is 21.7 Å². The fourth-order valence-electron chi connectivity index (χ4n) is 2.57. The summed E-state index contributed by atoms with van der Waals surface area (Å²) < 4.78 is 23.6. The summed E-state index contributed by atoms with van der Waals surface area (Å²) in [5.74, 6) is 0.792. The molecule has 2 atom stereocenters. The molecule has 0 aliphatic carbocycles. The summed E-state index contributed by atoms with van der Waals surface area (Å²) in [6.07, 6.45) is 1.60. The lowest BCUT2D eigenvalue weighted by molar-refractivity contribution is 0.541. The highest BCUT2D eigenvalue weighted by Gasteiger charge is 2.31. The van der Waals surface area contributed by atoms with Gasteiger partial charge in [0, 0.05) is 23.4 Å². The van der Waals surface area contributed by atoms with Crippen molar-refractivity contribution >= 4 is 21.2 Å². The number of aryl methyl sites for hydroxylation is 1. The van der Waals surface area contributed by atoms with Crippen molar-refractivity contribution in [3.63, 3.8) is 0 Å². The van der Waals surface area contributed by atoms with Crippen molar-refractivity contribution in [2.24, 2.45) is 0 Å². The van der Waals surface area contributed by atoms with Gasteiger partial charge in [0.1, 0.15) is 0 Å². The summed E-state index contributed by atoms with van der Waals surface area (Å²) >= 11 is 1.74. The van der Waals surface area contributed by atoms with Crippen LogP contribution in [0.5, 0.6) is 0 Å². The number of rotatable bonds is 5. The van der Waals surface area contributed by atoms with Gasteiger partial charge in [-0.05, 0) is 26.7 Å². The Hall–Kier alpha value is -0.460. The molecule has 20 heavy (non-hydrogen) atoms. The normalized spacial score (nSPS) is 23.4. The van der Waals surface area contributed by atoms with Gasteiger partial charge in [0.15, 0.2) is 9.84 Å². The van der Waals surface area contributed by atoms with Gasteiger partial charge in [0.2, 0.25) is 0 Å². The molecule has 0 saturated carbocycles. The number of nitrogens with one attached hydrogen (secondary N) is 1. The Bertz CT molecular complexity index is 564. The second-order valence-electron chi connectivity index (χ2n) is 5.92. The monoisotopic (exact) mass is 316 g/mol. The van der Waals surface area contributed by atoms with Gasteiger partial charge >= 0.3 is 0 Å². The molecule has 0 bridgehead atoms. The van der Waals surface area contributed by atoms with E-state index < -0.39 is 9.84 Å². The number of sulfone groups is 1. The Morgan fingerprint density at radius 3 is 2.60 bits per heavy atom. The van der Waals surface area contributed by atoms with Crippen LogP contribution in [0.3, 0.4) is 0 Å². The van der Waals surface area contributed by atoms with Crippen LogP contribution in [0.25, 0.3) is 0 Å². The maximum atomic E-state index is 11.8. The van der Waals surface area contributed by atoms with Gasteiger partial charge in [-0.1, -0.05) is 13.8 Å². The average Bonchev–Trinajstić information content (AvgIpc) is 2.89. The molecule has 0 radical (unpaired) electrons. The fourth-order valence-corrected chi connectivity index (χ4v) is 5.44. The number of nitrogens with zero attached hydrogens (tertiary/aromatic N) is 1. The second kappa shape index (κ2) is 6.12. The first-order chi connectivity index (χ1) is 9.31.